The molecule has 1 aliphatic heterocycles. The Bertz CT molecular complexity index is 1250. The first-order valence-corrected chi connectivity index (χ1v) is 12.9. The van der Waals surface area contributed by atoms with Crippen molar-refractivity contribution < 1.29 is 9.59 Å². The van der Waals surface area contributed by atoms with Crippen LogP contribution in [0.25, 0.3) is 11.3 Å². The monoisotopic (exact) mass is 523 g/mol. The summed E-state index contributed by atoms with van der Waals surface area (Å²) in [5.41, 5.74) is 2.01. The van der Waals surface area contributed by atoms with Crippen molar-refractivity contribution in [1.82, 2.24) is 20.0 Å². The van der Waals surface area contributed by atoms with Crippen LogP contribution in [-0.2, 0) is 4.79 Å². The average Bonchev–Trinajstić information content (AvgIpc) is 3.75. The zero-order valence-corrected chi connectivity index (χ0v) is 21.3. The molecular weight excluding hydrogens is 497 g/mol. The number of hydrogen-bond acceptors (Lipinski definition) is 5. The van der Waals surface area contributed by atoms with Gasteiger partial charge in [0.1, 0.15) is 6.54 Å². The van der Waals surface area contributed by atoms with Gasteiger partial charge in [0, 0.05) is 37.8 Å². The van der Waals surface area contributed by atoms with Gasteiger partial charge < -0.3 is 14.7 Å². The zero-order valence-electron chi connectivity index (χ0n) is 19.8. The number of anilines is 1. The van der Waals surface area contributed by atoms with E-state index in [1.165, 1.54) is 0 Å². The Hall–Kier alpha value is -3.16. The van der Waals surface area contributed by atoms with E-state index >= 15 is 0 Å². The maximum Gasteiger partial charge on any atom is 0.256 e. The van der Waals surface area contributed by atoms with Gasteiger partial charge in [0.25, 0.3) is 5.91 Å². The predicted molar refractivity (Wildman–Crippen MR) is 141 cm³/mol. The summed E-state index contributed by atoms with van der Waals surface area (Å²) in [6.07, 6.45) is 2.64. The normalized spacial score (nSPS) is 15.9. The molecule has 0 N–H and O–H groups in total. The summed E-state index contributed by atoms with van der Waals surface area (Å²) in [5, 5.41) is 9.85. The number of halogens is 2. The lowest BCUT2D eigenvalue weighted by molar-refractivity contribution is -0.131. The second kappa shape index (κ2) is 10.8. The molecule has 5 rings (SSSR count). The summed E-state index contributed by atoms with van der Waals surface area (Å²) in [4.78, 5) is 32.1. The molecule has 0 unspecified atom stereocenters. The van der Waals surface area contributed by atoms with Crippen LogP contribution in [-0.4, -0.2) is 70.6 Å². The van der Waals surface area contributed by atoms with Crippen molar-refractivity contribution in [3.8, 4) is 11.3 Å². The Labute approximate surface area is 220 Å². The lowest BCUT2D eigenvalue weighted by Crippen LogP contribution is -2.45. The molecule has 9 heteroatoms. The van der Waals surface area contributed by atoms with Crippen LogP contribution in [0.3, 0.4) is 0 Å². The molecule has 3 aromatic rings. The van der Waals surface area contributed by atoms with Crippen molar-refractivity contribution in [3.05, 3.63) is 76.3 Å². The van der Waals surface area contributed by atoms with Crippen molar-refractivity contribution in [3.63, 3.8) is 0 Å². The Morgan fingerprint density at radius 2 is 1.61 bits per heavy atom. The van der Waals surface area contributed by atoms with Gasteiger partial charge >= 0.3 is 0 Å². The number of hydrogen-bond donors (Lipinski definition) is 0. The summed E-state index contributed by atoms with van der Waals surface area (Å²) in [5.74, 6) is 0.555. The smallest absolute Gasteiger partial charge is 0.256 e. The molecule has 36 heavy (non-hydrogen) atoms. The second-order valence-electron chi connectivity index (χ2n) is 9.12. The quantitative estimate of drug-likeness (QED) is 0.464. The van der Waals surface area contributed by atoms with E-state index in [2.05, 4.69) is 15.1 Å². The maximum absolute atomic E-state index is 13.2. The maximum atomic E-state index is 13.2. The largest absolute Gasteiger partial charge is 0.353 e. The van der Waals surface area contributed by atoms with Gasteiger partial charge in [-0.1, -0.05) is 53.5 Å². The van der Waals surface area contributed by atoms with Gasteiger partial charge in [-0.2, -0.15) is 0 Å². The van der Waals surface area contributed by atoms with Crippen LogP contribution >= 0.6 is 23.2 Å². The van der Waals surface area contributed by atoms with Gasteiger partial charge in [0.2, 0.25) is 5.91 Å². The highest BCUT2D eigenvalue weighted by atomic mass is 35.5. The summed E-state index contributed by atoms with van der Waals surface area (Å²) >= 11 is 12.5. The van der Waals surface area contributed by atoms with Gasteiger partial charge in [-0.3, -0.25) is 9.59 Å². The molecule has 1 saturated carbocycles. The van der Waals surface area contributed by atoms with E-state index in [1.54, 1.807) is 29.2 Å². The van der Waals surface area contributed by atoms with E-state index in [9.17, 15) is 9.59 Å². The number of carbonyl (C=O) groups is 2. The zero-order chi connectivity index (χ0) is 25.1. The summed E-state index contributed by atoms with van der Waals surface area (Å²) in [6, 6.07) is 18.5. The van der Waals surface area contributed by atoms with Gasteiger partial charge in [-0.15, -0.1) is 10.2 Å². The predicted octanol–water partition coefficient (Wildman–Crippen LogP) is 4.79. The van der Waals surface area contributed by atoms with Crippen molar-refractivity contribution in [1.29, 1.82) is 0 Å². The highest BCUT2D eigenvalue weighted by Gasteiger charge is 2.36. The molecule has 1 aliphatic carbocycles. The fraction of sp³-hybridized carbons (Fsp3) is 0.333. The highest BCUT2D eigenvalue weighted by molar-refractivity contribution is 6.34. The first kappa shape index (κ1) is 24.5. The first-order valence-electron chi connectivity index (χ1n) is 12.2. The number of rotatable bonds is 6. The Kier molecular flexibility index (Phi) is 7.39. The topological polar surface area (TPSA) is 69.6 Å². The van der Waals surface area contributed by atoms with Crippen LogP contribution < -0.4 is 4.90 Å². The Balaban J connectivity index is 1.22. The minimum atomic E-state index is -0.179. The van der Waals surface area contributed by atoms with E-state index in [1.807, 2.05) is 41.3 Å². The molecular formula is C27H27Cl2N5O2. The number of nitrogens with zero attached hydrogens (tertiary/aromatic N) is 5. The summed E-state index contributed by atoms with van der Waals surface area (Å²) in [6.45, 7) is 2.69. The number of aromatic nitrogens is 2. The van der Waals surface area contributed by atoms with Crippen LogP contribution in [0.4, 0.5) is 5.82 Å². The number of amides is 2. The van der Waals surface area contributed by atoms with E-state index in [0.717, 1.165) is 42.9 Å². The molecule has 0 atom stereocenters. The molecule has 0 spiro atoms. The van der Waals surface area contributed by atoms with Crippen molar-refractivity contribution in [2.45, 2.75) is 25.3 Å². The lowest BCUT2D eigenvalue weighted by atomic mass is 10.1. The molecule has 186 valence electrons. The molecule has 0 bridgehead atoms. The second-order valence-corrected chi connectivity index (χ2v) is 9.94. The summed E-state index contributed by atoms with van der Waals surface area (Å²) in [7, 11) is 0. The minimum Gasteiger partial charge on any atom is -0.353 e. The Morgan fingerprint density at radius 3 is 2.31 bits per heavy atom. The summed E-state index contributed by atoms with van der Waals surface area (Å²) < 4.78 is 0. The van der Waals surface area contributed by atoms with E-state index < -0.39 is 0 Å². The van der Waals surface area contributed by atoms with Crippen molar-refractivity contribution >= 4 is 40.8 Å². The molecule has 0 radical (unpaired) electrons. The van der Waals surface area contributed by atoms with Gasteiger partial charge in [0.15, 0.2) is 5.82 Å². The van der Waals surface area contributed by atoms with Crippen LogP contribution in [0.1, 0.15) is 29.6 Å². The fourth-order valence-electron chi connectivity index (χ4n) is 4.49. The number of benzene rings is 2. The van der Waals surface area contributed by atoms with E-state index in [0.29, 0.717) is 35.2 Å². The van der Waals surface area contributed by atoms with Crippen molar-refractivity contribution in [2.24, 2.45) is 0 Å². The third-order valence-electron chi connectivity index (χ3n) is 6.63. The lowest BCUT2D eigenvalue weighted by Gasteiger charge is -2.27. The van der Waals surface area contributed by atoms with Crippen LogP contribution in [0.15, 0.2) is 60.7 Å². The Morgan fingerprint density at radius 1 is 0.861 bits per heavy atom. The van der Waals surface area contributed by atoms with E-state index in [4.69, 9.17) is 23.2 Å². The first-order chi connectivity index (χ1) is 17.5. The number of carbonyl (C=O) groups excluding carboxylic acids is 2. The van der Waals surface area contributed by atoms with Gasteiger partial charge in [-0.05, 0) is 49.6 Å². The van der Waals surface area contributed by atoms with Gasteiger partial charge in [0.05, 0.1) is 21.3 Å². The van der Waals surface area contributed by atoms with Crippen LogP contribution in [0.5, 0.6) is 0 Å². The molecule has 7 nitrogen and oxygen atoms in total. The molecule has 2 aliphatic rings. The van der Waals surface area contributed by atoms with Crippen LogP contribution in [0, 0.1) is 0 Å². The third-order valence-corrected chi connectivity index (χ3v) is 7.29. The van der Waals surface area contributed by atoms with Crippen LogP contribution in [0.2, 0.25) is 10.0 Å². The third kappa shape index (κ3) is 5.47. The molecule has 2 aromatic carbocycles. The molecule has 2 fully saturated rings. The average molecular weight is 524 g/mol. The van der Waals surface area contributed by atoms with Crippen molar-refractivity contribution in [2.75, 3.05) is 37.6 Å². The standard InChI is InChI=1S/C27H27Cl2N5O2/c28-22-8-3-1-6-20(22)24-12-13-25(31-30-24)32-14-5-15-33(17-16-32)26(35)18-34(19-10-11-19)27(36)21-7-2-4-9-23(21)29/h1-4,6-9,12-13,19H,5,10-11,14-18H2. The molecule has 2 amide bonds. The molecule has 2 heterocycles. The molecule has 1 aromatic heterocycles. The SMILES string of the molecule is O=C(CN(C(=O)c1ccccc1Cl)C1CC1)N1CCCN(c2ccc(-c3ccccc3Cl)nn2)CC1. The van der Waals surface area contributed by atoms with E-state index in [-0.39, 0.29) is 24.4 Å². The van der Waals surface area contributed by atoms with Gasteiger partial charge in [-0.25, -0.2) is 0 Å². The fourth-order valence-corrected chi connectivity index (χ4v) is 4.94. The highest BCUT2D eigenvalue weighted by Crippen LogP contribution is 2.30. The molecule has 1 saturated heterocycles. The minimum absolute atomic E-state index is 0.0377.